The molecule has 0 aliphatic carbocycles. The Balaban J connectivity index is 0.00000450. The van der Waals surface area contributed by atoms with Gasteiger partial charge in [0.2, 0.25) is 0 Å². The summed E-state index contributed by atoms with van der Waals surface area (Å²) in [6.07, 6.45) is 0. The van der Waals surface area contributed by atoms with Crippen molar-refractivity contribution < 1.29 is 32.1 Å². The third kappa shape index (κ3) is 7.71. The van der Waals surface area contributed by atoms with Crippen LogP contribution in [0.25, 0.3) is 0 Å². The van der Waals surface area contributed by atoms with Gasteiger partial charge in [-0.3, -0.25) is 9.59 Å². The lowest BCUT2D eigenvalue weighted by Gasteiger charge is -2.26. The van der Waals surface area contributed by atoms with Crippen molar-refractivity contribution in [2.45, 2.75) is 38.9 Å². The van der Waals surface area contributed by atoms with E-state index >= 15 is 0 Å². The summed E-state index contributed by atoms with van der Waals surface area (Å²) < 4.78 is 21.5. The van der Waals surface area contributed by atoms with Crippen molar-refractivity contribution in [2.75, 3.05) is 0 Å². The van der Waals surface area contributed by atoms with Crippen molar-refractivity contribution in [2.24, 2.45) is 0 Å². The second-order valence-electron chi connectivity index (χ2n) is 7.04. The average molecular weight is 472 g/mol. The Hall–Kier alpha value is -1.95. The van der Waals surface area contributed by atoms with Gasteiger partial charge in [0.15, 0.2) is 11.2 Å². The Labute approximate surface area is 191 Å². The zero-order chi connectivity index (χ0) is 21.7. The molecule has 30 heavy (non-hydrogen) atoms. The lowest BCUT2D eigenvalue weighted by atomic mass is 10.1. The fraction of sp³-hybridized carbons (Fsp3) is 0.300. The minimum Gasteiger partial charge on any atom is -0.586 e. The normalized spacial score (nSPS) is 11.0. The molecule has 0 aromatic heterocycles. The first-order chi connectivity index (χ1) is 13.5. The van der Waals surface area contributed by atoms with Crippen molar-refractivity contribution in [3.05, 3.63) is 58.6 Å². The molecule has 10 heteroatoms. The summed E-state index contributed by atoms with van der Waals surface area (Å²) in [5, 5.41) is 1.11. The van der Waals surface area contributed by atoms with Gasteiger partial charge in [-0.15, -0.1) is 0 Å². The number of rotatable bonds is 8. The molecule has 0 aliphatic heterocycles. The zero-order valence-corrected chi connectivity index (χ0v) is 19.6. The molecule has 7 nitrogen and oxygen atoms in total. The van der Waals surface area contributed by atoms with Crippen LogP contribution in [0, 0.1) is 0 Å². The van der Waals surface area contributed by atoms with Gasteiger partial charge >= 0.3 is 27.8 Å². The molecule has 2 N–H and O–H groups in total. The van der Waals surface area contributed by atoms with Crippen molar-refractivity contribution in [3.8, 4) is 11.5 Å². The average Bonchev–Trinajstić information content (AvgIpc) is 2.65. The van der Waals surface area contributed by atoms with Crippen LogP contribution < -0.4 is 9.47 Å². The molecule has 0 bridgehead atoms. The van der Waals surface area contributed by atoms with Gasteiger partial charge in [0.05, 0.1) is 0 Å². The number of halogens is 2. The van der Waals surface area contributed by atoms with Gasteiger partial charge in [-0.2, -0.15) is 0 Å². The quantitative estimate of drug-likeness (QED) is 0.542. The summed E-state index contributed by atoms with van der Waals surface area (Å²) in [4.78, 5) is 24.6. The van der Waals surface area contributed by atoms with Gasteiger partial charge in [0.1, 0.15) is 11.5 Å². The van der Waals surface area contributed by atoms with Crippen LogP contribution in [0.1, 0.15) is 27.7 Å². The number of ether oxygens (including phenoxy) is 2. The van der Waals surface area contributed by atoms with Crippen molar-refractivity contribution in [1.29, 1.82) is 0 Å². The maximum Gasteiger partial charge on any atom is 0.886 e. The number of carbonyl (C=O) groups excluding carboxylic acids is 2. The highest BCUT2D eigenvalue weighted by molar-refractivity contribution is 6.30. The van der Waals surface area contributed by atoms with Gasteiger partial charge in [-0.1, -0.05) is 23.2 Å². The highest BCUT2D eigenvalue weighted by Crippen LogP contribution is 2.23. The standard InChI is InChI=1S/2C10H11ClO3.Al.H2O/c2*1-10(2,9(12)13)14-8-5-3-7(11)4-6-8;;/h2*3-6H,1-2H3,(H,12,13);;1H2/q;;+2;/p-2. The van der Waals surface area contributed by atoms with E-state index < -0.39 is 39.0 Å². The summed E-state index contributed by atoms with van der Waals surface area (Å²) in [5.41, 5.74) is -2.55. The van der Waals surface area contributed by atoms with E-state index in [0.29, 0.717) is 21.5 Å². The third-order valence-electron chi connectivity index (χ3n) is 3.67. The molecule has 161 valence electrons. The van der Waals surface area contributed by atoms with E-state index in [1.54, 1.807) is 76.2 Å². The first-order valence-electron chi connectivity index (χ1n) is 8.63. The predicted octanol–water partition coefficient (Wildman–Crippen LogP) is 3.80. The SMILES string of the molecule is CC(C)(Oc1ccc(Cl)cc1)C(=O)[O][Al][O]C(=O)C(C)(C)Oc1ccc(Cl)cc1.O. The summed E-state index contributed by atoms with van der Waals surface area (Å²) in [5.74, 6) is -0.403. The van der Waals surface area contributed by atoms with Crippen LogP contribution in [0.2, 0.25) is 10.0 Å². The van der Waals surface area contributed by atoms with Crippen LogP contribution in [0.3, 0.4) is 0 Å². The topological polar surface area (TPSA) is 103 Å². The van der Waals surface area contributed by atoms with Crippen LogP contribution in [0.4, 0.5) is 0 Å². The largest absolute Gasteiger partial charge is 0.886 e. The number of hydrogen-bond donors (Lipinski definition) is 0. The van der Waals surface area contributed by atoms with Crippen LogP contribution in [0.5, 0.6) is 11.5 Å². The van der Waals surface area contributed by atoms with Crippen LogP contribution in [-0.2, 0) is 17.2 Å². The van der Waals surface area contributed by atoms with E-state index in [1.165, 1.54) is 0 Å². The Morgan fingerprint density at radius 2 is 1.00 bits per heavy atom. The fourth-order valence-electron chi connectivity index (χ4n) is 2.07. The molecular weight excluding hydrogens is 450 g/mol. The predicted molar refractivity (Wildman–Crippen MR) is 114 cm³/mol. The fourth-order valence-corrected chi connectivity index (χ4v) is 3.12. The maximum absolute atomic E-state index is 12.3. The Morgan fingerprint density at radius 3 is 1.30 bits per heavy atom. The Morgan fingerprint density at radius 1 is 0.700 bits per heavy atom. The molecule has 2 rings (SSSR count). The highest BCUT2D eigenvalue weighted by Gasteiger charge is 2.36. The van der Waals surface area contributed by atoms with Gasteiger partial charge in [0, 0.05) is 10.0 Å². The lowest BCUT2D eigenvalue weighted by Crippen LogP contribution is -2.43. The van der Waals surface area contributed by atoms with Crippen LogP contribution in [-0.4, -0.2) is 44.5 Å². The molecule has 2 aromatic rings. The number of carbonyl (C=O) groups is 2. The van der Waals surface area contributed by atoms with Gasteiger partial charge in [-0.25, -0.2) is 0 Å². The summed E-state index contributed by atoms with van der Waals surface area (Å²) in [6.45, 7) is 6.22. The lowest BCUT2D eigenvalue weighted by molar-refractivity contribution is -0.155. The molecule has 0 saturated heterocycles. The molecule has 0 heterocycles. The summed E-state index contributed by atoms with van der Waals surface area (Å²) in [6, 6.07) is 13.1. The Kier molecular flexibility index (Phi) is 9.47. The van der Waals surface area contributed by atoms with Gasteiger partial charge < -0.3 is 22.5 Å². The monoisotopic (exact) mass is 471 g/mol. The zero-order valence-electron chi connectivity index (χ0n) is 16.9. The number of benzene rings is 2. The molecule has 0 unspecified atom stereocenters. The van der Waals surface area contributed by atoms with Crippen molar-refractivity contribution in [1.82, 2.24) is 0 Å². The molecule has 0 atom stereocenters. The van der Waals surface area contributed by atoms with E-state index in [2.05, 4.69) is 0 Å². The minimum absolute atomic E-state index is 0. The second kappa shape index (κ2) is 10.9. The first kappa shape index (κ1) is 26.1. The first-order valence-corrected chi connectivity index (χ1v) is 10.3. The van der Waals surface area contributed by atoms with Crippen molar-refractivity contribution >= 4 is 51.0 Å². The van der Waals surface area contributed by atoms with Crippen LogP contribution >= 0.6 is 23.2 Å². The van der Waals surface area contributed by atoms with Gasteiger partial charge in [-0.05, 0) is 76.2 Å². The third-order valence-corrected chi connectivity index (χ3v) is 4.79. The smallest absolute Gasteiger partial charge is 0.586 e. The van der Waals surface area contributed by atoms with Gasteiger partial charge in [0.25, 0.3) is 0 Å². The molecule has 2 aromatic carbocycles. The molecular formula is C20H22AlCl2O7. The number of hydrogen-bond acceptors (Lipinski definition) is 6. The summed E-state index contributed by atoms with van der Waals surface area (Å²) >= 11 is 10.3. The van der Waals surface area contributed by atoms with E-state index in [1.807, 2.05) is 0 Å². The molecule has 0 fully saturated rings. The van der Waals surface area contributed by atoms with E-state index in [9.17, 15) is 9.59 Å². The van der Waals surface area contributed by atoms with E-state index in [4.69, 9.17) is 40.3 Å². The molecule has 1 radical (unpaired) electrons. The molecule has 0 amide bonds. The van der Waals surface area contributed by atoms with Crippen LogP contribution in [0.15, 0.2) is 48.5 Å². The maximum atomic E-state index is 12.3. The molecule has 0 saturated carbocycles. The van der Waals surface area contributed by atoms with E-state index in [0.717, 1.165) is 0 Å². The Bertz CT molecular complexity index is 781. The second-order valence-corrected chi connectivity index (χ2v) is 8.58. The highest BCUT2D eigenvalue weighted by atomic mass is 35.5. The van der Waals surface area contributed by atoms with E-state index in [-0.39, 0.29) is 5.48 Å². The summed E-state index contributed by atoms with van der Waals surface area (Å²) in [7, 11) is 0. The minimum atomic E-state index is -1.39. The van der Waals surface area contributed by atoms with Crippen molar-refractivity contribution in [3.63, 3.8) is 0 Å². The molecule has 0 aliphatic rings. The molecule has 0 spiro atoms.